The molecule has 0 aromatic heterocycles. The summed E-state index contributed by atoms with van der Waals surface area (Å²) in [5.74, 6) is 1.56. The molecule has 1 aromatic rings. The van der Waals surface area contributed by atoms with E-state index >= 15 is 0 Å². The molecule has 1 atom stereocenters. The molecule has 2 fully saturated rings. The van der Waals surface area contributed by atoms with Crippen LogP contribution in [0.15, 0.2) is 24.3 Å². The van der Waals surface area contributed by atoms with Crippen molar-refractivity contribution in [2.24, 2.45) is 0 Å². The molecule has 0 N–H and O–H groups in total. The molecule has 143 valence electrons. The van der Waals surface area contributed by atoms with Crippen LogP contribution in [0.2, 0.25) is 0 Å². The van der Waals surface area contributed by atoms with Crippen LogP contribution in [0.3, 0.4) is 0 Å². The number of rotatable bonds is 4. The number of amides is 1. The largest absolute Gasteiger partial charge is 0.489 e. The Kier molecular flexibility index (Phi) is 5.97. The van der Waals surface area contributed by atoms with E-state index in [9.17, 15) is 4.79 Å². The molecule has 0 spiro atoms. The van der Waals surface area contributed by atoms with Crippen LogP contribution in [0, 0.1) is 4.83 Å². The predicted molar refractivity (Wildman–Crippen MR) is 101 cm³/mol. The lowest BCUT2D eigenvalue weighted by molar-refractivity contribution is -0.0221. The molecular formula is C19H25BrNO5. The van der Waals surface area contributed by atoms with Gasteiger partial charge in [-0.3, -0.25) is 0 Å². The van der Waals surface area contributed by atoms with Gasteiger partial charge in [0.2, 0.25) is 0 Å². The minimum Gasteiger partial charge on any atom is -0.489 e. The van der Waals surface area contributed by atoms with E-state index in [1.54, 1.807) is 4.90 Å². The van der Waals surface area contributed by atoms with Crippen molar-refractivity contribution in [3.05, 3.63) is 29.1 Å². The smallest absolute Gasteiger partial charge is 0.410 e. The quantitative estimate of drug-likeness (QED) is 0.732. The first kappa shape index (κ1) is 19.3. The molecular weight excluding hydrogens is 402 g/mol. The number of likely N-dealkylation sites (tertiary alicyclic amines) is 1. The van der Waals surface area contributed by atoms with Crippen molar-refractivity contribution in [3.63, 3.8) is 0 Å². The second-order valence-corrected chi connectivity index (χ2v) is 8.51. The molecule has 2 saturated heterocycles. The fourth-order valence-corrected chi connectivity index (χ4v) is 3.16. The van der Waals surface area contributed by atoms with E-state index in [-0.39, 0.29) is 18.3 Å². The summed E-state index contributed by atoms with van der Waals surface area (Å²) in [6.07, 6.45) is 0.567. The standard InChI is InChI=1S/C19H25BrNO5/c1-19(2,3)26-18(22)21-10-15(11-21)24-13-4-6-14(7-5-13)25-17-8-9-23-12-16(17)20/h4-7,15,17H,8-12H2,1-3H3. The highest BCUT2D eigenvalue weighted by atomic mass is 79.9. The summed E-state index contributed by atoms with van der Waals surface area (Å²) in [6, 6.07) is 7.57. The number of carbonyl (C=O) groups excluding carboxylic acids is 1. The van der Waals surface area contributed by atoms with Crippen molar-refractivity contribution >= 4 is 22.0 Å². The topological polar surface area (TPSA) is 57.2 Å². The fraction of sp³-hybridized carbons (Fsp3) is 0.579. The second-order valence-electron chi connectivity index (χ2n) is 7.49. The first-order valence-corrected chi connectivity index (χ1v) is 9.60. The highest BCUT2D eigenvalue weighted by molar-refractivity contribution is 9.11. The maximum absolute atomic E-state index is 11.9. The lowest BCUT2D eigenvalue weighted by atomic mass is 10.1. The summed E-state index contributed by atoms with van der Waals surface area (Å²) >= 11 is 3.51. The van der Waals surface area contributed by atoms with E-state index in [0.29, 0.717) is 26.3 Å². The first-order valence-electron chi connectivity index (χ1n) is 8.80. The van der Waals surface area contributed by atoms with E-state index in [4.69, 9.17) is 18.9 Å². The van der Waals surface area contributed by atoms with Crippen LogP contribution in [-0.2, 0) is 9.47 Å². The summed E-state index contributed by atoms with van der Waals surface area (Å²) < 4.78 is 22.6. The van der Waals surface area contributed by atoms with Gasteiger partial charge in [-0.2, -0.15) is 0 Å². The van der Waals surface area contributed by atoms with E-state index < -0.39 is 5.60 Å². The molecule has 1 amide bonds. The first-order chi connectivity index (χ1) is 12.3. The number of benzene rings is 1. The van der Waals surface area contributed by atoms with Crippen molar-refractivity contribution in [3.8, 4) is 11.5 Å². The van der Waals surface area contributed by atoms with Crippen molar-refractivity contribution in [1.29, 1.82) is 0 Å². The Labute approximate surface area is 162 Å². The number of hydrogen-bond acceptors (Lipinski definition) is 5. The fourth-order valence-electron chi connectivity index (χ4n) is 2.67. The van der Waals surface area contributed by atoms with Crippen LogP contribution in [0.5, 0.6) is 11.5 Å². The van der Waals surface area contributed by atoms with Gasteiger partial charge in [-0.15, -0.1) is 0 Å². The van der Waals surface area contributed by atoms with Gasteiger partial charge in [0.05, 0.1) is 26.3 Å². The minimum atomic E-state index is -0.476. The normalized spacial score (nSPS) is 21.8. The Hall–Kier alpha value is -1.47. The second kappa shape index (κ2) is 8.05. The zero-order chi connectivity index (χ0) is 18.7. The van der Waals surface area contributed by atoms with Crippen molar-refractivity contribution in [2.45, 2.75) is 45.0 Å². The average Bonchev–Trinajstić information content (AvgIpc) is 2.52. The Morgan fingerprint density at radius 2 is 1.77 bits per heavy atom. The molecule has 1 radical (unpaired) electrons. The Morgan fingerprint density at radius 3 is 2.35 bits per heavy atom. The number of ether oxygens (including phenoxy) is 4. The van der Waals surface area contributed by atoms with E-state index in [1.165, 1.54) is 0 Å². The van der Waals surface area contributed by atoms with Gasteiger partial charge in [0.1, 0.15) is 34.1 Å². The van der Waals surface area contributed by atoms with Crippen LogP contribution >= 0.6 is 15.9 Å². The van der Waals surface area contributed by atoms with Crippen molar-refractivity contribution in [1.82, 2.24) is 4.90 Å². The predicted octanol–water partition coefficient (Wildman–Crippen LogP) is 3.78. The van der Waals surface area contributed by atoms with Gasteiger partial charge in [0.25, 0.3) is 0 Å². The lowest BCUT2D eigenvalue weighted by Crippen LogP contribution is -2.57. The van der Waals surface area contributed by atoms with Crippen LogP contribution in [0.25, 0.3) is 0 Å². The van der Waals surface area contributed by atoms with Crippen molar-refractivity contribution in [2.75, 3.05) is 26.3 Å². The highest BCUT2D eigenvalue weighted by Gasteiger charge is 2.35. The van der Waals surface area contributed by atoms with Crippen LogP contribution in [-0.4, -0.2) is 55.1 Å². The third-order valence-electron chi connectivity index (χ3n) is 4.02. The molecule has 3 rings (SSSR count). The van der Waals surface area contributed by atoms with Crippen LogP contribution in [0.1, 0.15) is 27.2 Å². The molecule has 0 saturated carbocycles. The number of carbonyl (C=O) groups is 1. The van der Waals surface area contributed by atoms with Gasteiger partial charge >= 0.3 is 6.09 Å². The Bertz CT molecular complexity index is 609. The van der Waals surface area contributed by atoms with Gasteiger partial charge < -0.3 is 23.8 Å². The highest BCUT2D eigenvalue weighted by Crippen LogP contribution is 2.29. The van der Waals surface area contributed by atoms with Crippen LogP contribution < -0.4 is 9.47 Å². The molecule has 0 aliphatic carbocycles. The summed E-state index contributed by atoms with van der Waals surface area (Å²) in [4.78, 5) is 14.6. The molecule has 6 nitrogen and oxygen atoms in total. The van der Waals surface area contributed by atoms with E-state index in [0.717, 1.165) is 22.7 Å². The average molecular weight is 427 g/mol. The lowest BCUT2D eigenvalue weighted by Gasteiger charge is -2.39. The Morgan fingerprint density at radius 1 is 1.15 bits per heavy atom. The zero-order valence-corrected chi connectivity index (χ0v) is 17.0. The maximum Gasteiger partial charge on any atom is 0.410 e. The summed E-state index contributed by atoms with van der Waals surface area (Å²) in [5, 5.41) is 0. The van der Waals surface area contributed by atoms with E-state index in [2.05, 4.69) is 15.9 Å². The van der Waals surface area contributed by atoms with Gasteiger partial charge in [0.15, 0.2) is 0 Å². The summed E-state index contributed by atoms with van der Waals surface area (Å²) in [6.45, 7) is 7.95. The monoisotopic (exact) mass is 426 g/mol. The molecule has 1 aromatic carbocycles. The molecule has 1 unspecified atom stereocenters. The van der Waals surface area contributed by atoms with Crippen molar-refractivity contribution < 1.29 is 23.7 Å². The van der Waals surface area contributed by atoms with E-state index in [1.807, 2.05) is 45.0 Å². The number of halogens is 1. The Balaban J connectivity index is 1.43. The van der Waals surface area contributed by atoms with Gasteiger partial charge in [0, 0.05) is 6.42 Å². The minimum absolute atomic E-state index is 0.00717. The molecule has 2 aliphatic rings. The van der Waals surface area contributed by atoms with Gasteiger partial charge in [-0.05, 0) is 45.0 Å². The molecule has 2 heterocycles. The number of hydrogen-bond donors (Lipinski definition) is 0. The van der Waals surface area contributed by atoms with Gasteiger partial charge in [-0.1, -0.05) is 15.9 Å². The zero-order valence-electron chi connectivity index (χ0n) is 15.4. The number of nitrogens with zero attached hydrogens (tertiary/aromatic N) is 1. The van der Waals surface area contributed by atoms with Gasteiger partial charge in [-0.25, -0.2) is 4.79 Å². The molecule has 7 heteroatoms. The molecule has 2 aliphatic heterocycles. The maximum atomic E-state index is 11.9. The molecule has 26 heavy (non-hydrogen) atoms. The molecule has 0 bridgehead atoms. The SMILES string of the molecule is CC(C)(C)OC(=O)N1CC(Oc2ccc(OC3CCOC[C]3Br)cc2)C1. The summed E-state index contributed by atoms with van der Waals surface area (Å²) in [5.41, 5.74) is -0.476. The third-order valence-corrected chi connectivity index (χ3v) is 4.76. The van der Waals surface area contributed by atoms with Crippen LogP contribution in [0.4, 0.5) is 4.79 Å². The third kappa shape index (κ3) is 5.27. The summed E-state index contributed by atoms with van der Waals surface area (Å²) in [7, 11) is 0.